The zero-order valence-corrected chi connectivity index (χ0v) is 7.63. The molecular weight excluding hydrogens is 152 g/mol. The van der Waals surface area contributed by atoms with Gasteiger partial charge in [-0.05, 0) is 18.7 Å². The lowest BCUT2D eigenvalue weighted by Crippen LogP contribution is -2.20. The molecule has 0 amide bonds. The van der Waals surface area contributed by atoms with E-state index in [4.69, 9.17) is 4.74 Å². The summed E-state index contributed by atoms with van der Waals surface area (Å²) >= 11 is 0. The average Bonchev–Trinajstić information content (AvgIpc) is 2.56. The first kappa shape index (κ1) is 9.29. The Bertz CT molecular complexity index is 190. The third-order valence-corrected chi connectivity index (χ3v) is 1.91. The van der Waals surface area contributed by atoms with E-state index in [2.05, 4.69) is 16.4 Å². The lowest BCUT2D eigenvalue weighted by atomic mass is 10.0. The van der Waals surface area contributed by atoms with Crippen LogP contribution in [-0.2, 0) is 4.74 Å². The Morgan fingerprint density at radius 1 is 1.67 bits per heavy atom. The van der Waals surface area contributed by atoms with Crippen LogP contribution in [0.1, 0.15) is 11.5 Å². The lowest BCUT2D eigenvalue weighted by Gasteiger charge is -2.13. The number of hydrogen-bond donors (Lipinski definition) is 2. The standard InChI is InChI=1S/C9H16N2O/c1-10-5-9(7-12-2)8-3-4-11-6-8/h3-4,6,9-11H,5,7H2,1-2H3. The molecule has 0 radical (unpaired) electrons. The van der Waals surface area contributed by atoms with Gasteiger partial charge in [-0.3, -0.25) is 0 Å². The van der Waals surface area contributed by atoms with Crippen LogP contribution in [0.3, 0.4) is 0 Å². The molecule has 0 aliphatic carbocycles. The molecule has 68 valence electrons. The Morgan fingerprint density at radius 3 is 3.00 bits per heavy atom. The SMILES string of the molecule is CNCC(COC)c1cc[nH]c1. The van der Waals surface area contributed by atoms with Crippen molar-refractivity contribution in [2.75, 3.05) is 27.3 Å². The van der Waals surface area contributed by atoms with Crippen LogP contribution in [0, 0.1) is 0 Å². The summed E-state index contributed by atoms with van der Waals surface area (Å²) in [6.45, 7) is 1.71. The summed E-state index contributed by atoms with van der Waals surface area (Å²) in [7, 11) is 3.69. The minimum absolute atomic E-state index is 0.450. The Labute approximate surface area is 73.1 Å². The normalized spacial score (nSPS) is 13.2. The van der Waals surface area contributed by atoms with Crippen molar-refractivity contribution in [1.29, 1.82) is 0 Å². The molecule has 0 aromatic carbocycles. The fourth-order valence-electron chi connectivity index (χ4n) is 1.31. The van der Waals surface area contributed by atoms with Crippen LogP contribution in [0.2, 0.25) is 0 Å². The maximum atomic E-state index is 5.13. The van der Waals surface area contributed by atoms with E-state index in [-0.39, 0.29) is 0 Å². The van der Waals surface area contributed by atoms with E-state index in [1.807, 2.05) is 19.4 Å². The first-order chi connectivity index (χ1) is 5.88. The van der Waals surface area contributed by atoms with Crippen molar-refractivity contribution in [2.24, 2.45) is 0 Å². The van der Waals surface area contributed by atoms with Crippen LogP contribution in [0.15, 0.2) is 18.5 Å². The van der Waals surface area contributed by atoms with E-state index in [9.17, 15) is 0 Å². The van der Waals surface area contributed by atoms with Crippen molar-refractivity contribution >= 4 is 0 Å². The molecule has 1 atom stereocenters. The minimum Gasteiger partial charge on any atom is -0.384 e. The third kappa shape index (κ3) is 2.36. The van der Waals surface area contributed by atoms with E-state index in [0.717, 1.165) is 13.2 Å². The predicted molar refractivity (Wildman–Crippen MR) is 49.3 cm³/mol. The molecule has 1 aromatic rings. The van der Waals surface area contributed by atoms with Gasteiger partial charge in [0.25, 0.3) is 0 Å². The first-order valence-corrected chi connectivity index (χ1v) is 4.14. The highest BCUT2D eigenvalue weighted by molar-refractivity contribution is 5.15. The van der Waals surface area contributed by atoms with Gasteiger partial charge in [0.2, 0.25) is 0 Å². The molecule has 3 heteroatoms. The predicted octanol–water partition coefficient (Wildman–Crippen LogP) is 0.964. The molecule has 0 bridgehead atoms. The molecule has 0 fully saturated rings. The second-order valence-electron chi connectivity index (χ2n) is 2.85. The molecule has 0 spiro atoms. The summed E-state index contributed by atoms with van der Waals surface area (Å²) in [4.78, 5) is 3.04. The van der Waals surface area contributed by atoms with E-state index in [1.54, 1.807) is 7.11 Å². The topological polar surface area (TPSA) is 37.0 Å². The van der Waals surface area contributed by atoms with Gasteiger partial charge >= 0.3 is 0 Å². The van der Waals surface area contributed by atoms with Crippen LogP contribution >= 0.6 is 0 Å². The van der Waals surface area contributed by atoms with Crippen LogP contribution in [0.25, 0.3) is 0 Å². The number of ether oxygens (including phenoxy) is 1. The van der Waals surface area contributed by atoms with Crippen LogP contribution in [0.5, 0.6) is 0 Å². The number of likely N-dealkylation sites (N-methyl/N-ethyl adjacent to an activating group) is 1. The molecule has 1 unspecified atom stereocenters. The van der Waals surface area contributed by atoms with Crippen molar-refractivity contribution in [1.82, 2.24) is 10.3 Å². The molecule has 12 heavy (non-hydrogen) atoms. The molecule has 3 nitrogen and oxygen atoms in total. The number of aromatic nitrogens is 1. The first-order valence-electron chi connectivity index (χ1n) is 4.14. The fourth-order valence-corrected chi connectivity index (χ4v) is 1.31. The molecule has 0 aliphatic rings. The van der Waals surface area contributed by atoms with Gasteiger partial charge in [-0.1, -0.05) is 0 Å². The molecule has 1 rings (SSSR count). The van der Waals surface area contributed by atoms with Crippen molar-refractivity contribution in [2.45, 2.75) is 5.92 Å². The molecular formula is C9H16N2O. The lowest BCUT2D eigenvalue weighted by molar-refractivity contribution is 0.178. The number of hydrogen-bond acceptors (Lipinski definition) is 2. The Hall–Kier alpha value is -0.800. The van der Waals surface area contributed by atoms with Crippen molar-refractivity contribution in [3.8, 4) is 0 Å². The van der Waals surface area contributed by atoms with Crippen LogP contribution in [-0.4, -0.2) is 32.3 Å². The number of rotatable bonds is 5. The summed E-state index contributed by atoms with van der Waals surface area (Å²) in [6, 6.07) is 2.08. The summed E-state index contributed by atoms with van der Waals surface area (Å²) in [5.41, 5.74) is 1.30. The van der Waals surface area contributed by atoms with Gasteiger partial charge in [-0.15, -0.1) is 0 Å². The summed E-state index contributed by atoms with van der Waals surface area (Å²) in [5, 5.41) is 3.15. The van der Waals surface area contributed by atoms with E-state index < -0.39 is 0 Å². The van der Waals surface area contributed by atoms with Crippen molar-refractivity contribution < 1.29 is 4.74 Å². The van der Waals surface area contributed by atoms with Crippen LogP contribution < -0.4 is 5.32 Å². The highest BCUT2D eigenvalue weighted by Crippen LogP contribution is 2.13. The molecule has 0 aliphatic heterocycles. The van der Waals surface area contributed by atoms with Gasteiger partial charge in [0.1, 0.15) is 0 Å². The highest BCUT2D eigenvalue weighted by atomic mass is 16.5. The third-order valence-electron chi connectivity index (χ3n) is 1.91. The van der Waals surface area contributed by atoms with E-state index in [1.165, 1.54) is 5.56 Å². The summed E-state index contributed by atoms with van der Waals surface area (Å²) in [5.74, 6) is 0.450. The fraction of sp³-hybridized carbons (Fsp3) is 0.556. The Balaban J connectivity index is 2.53. The number of aromatic amines is 1. The monoisotopic (exact) mass is 168 g/mol. The second-order valence-corrected chi connectivity index (χ2v) is 2.85. The molecule has 0 saturated carbocycles. The van der Waals surface area contributed by atoms with E-state index in [0.29, 0.717) is 5.92 Å². The zero-order chi connectivity index (χ0) is 8.81. The largest absolute Gasteiger partial charge is 0.384 e. The van der Waals surface area contributed by atoms with Gasteiger partial charge in [-0.25, -0.2) is 0 Å². The average molecular weight is 168 g/mol. The van der Waals surface area contributed by atoms with Gasteiger partial charge < -0.3 is 15.0 Å². The van der Waals surface area contributed by atoms with Crippen LogP contribution in [0.4, 0.5) is 0 Å². The minimum atomic E-state index is 0.450. The van der Waals surface area contributed by atoms with Gasteiger partial charge in [-0.2, -0.15) is 0 Å². The molecule has 1 heterocycles. The maximum Gasteiger partial charge on any atom is 0.0543 e. The Morgan fingerprint density at radius 2 is 2.50 bits per heavy atom. The van der Waals surface area contributed by atoms with Crippen molar-refractivity contribution in [3.63, 3.8) is 0 Å². The number of nitrogens with one attached hydrogen (secondary N) is 2. The Kier molecular flexibility index (Phi) is 3.84. The number of methoxy groups -OCH3 is 1. The summed E-state index contributed by atoms with van der Waals surface area (Å²) in [6.07, 6.45) is 3.95. The molecule has 0 saturated heterocycles. The van der Waals surface area contributed by atoms with E-state index >= 15 is 0 Å². The van der Waals surface area contributed by atoms with Gasteiger partial charge in [0.15, 0.2) is 0 Å². The zero-order valence-electron chi connectivity index (χ0n) is 7.63. The summed E-state index contributed by atoms with van der Waals surface area (Å²) < 4.78 is 5.13. The smallest absolute Gasteiger partial charge is 0.0543 e. The van der Waals surface area contributed by atoms with Gasteiger partial charge in [0, 0.05) is 32.0 Å². The van der Waals surface area contributed by atoms with Crippen molar-refractivity contribution in [3.05, 3.63) is 24.0 Å². The maximum absolute atomic E-state index is 5.13. The highest BCUT2D eigenvalue weighted by Gasteiger charge is 2.09. The second kappa shape index (κ2) is 4.95. The quantitative estimate of drug-likeness (QED) is 0.687. The number of H-pyrrole nitrogens is 1. The molecule has 1 aromatic heterocycles. The van der Waals surface area contributed by atoms with Gasteiger partial charge in [0.05, 0.1) is 6.61 Å². The molecule has 2 N–H and O–H groups in total.